The Morgan fingerprint density at radius 1 is 0.583 bits per heavy atom. The predicted octanol–water partition coefficient (Wildman–Crippen LogP) is 12.7. The molecule has 60 heavy (non-hydrogen) atoms. The first-order valence-electron chi connectivity index (χ1n) is 25.4. The van der Waals surface area contributed by atoms with E-state index in [4.69, 9.17) is 14.6 Å². The van der Waals surface area contributed by atoms with Gasteiger partial charge in [0.2, 0.25) is 5.91 Å². The molecule has 0 aromatic heterocycles. The van der Waals surface area contributed by atoms with Crippen LogP contribution in [-0.2, 0) is 23.9 Å². The summed E-state index contributed by atoms with van der Waals surface area (Å²) in [5.74, 6) is -0.274. The number of amides is 2. The molecule has 1 rings (SSSR count). The van der Waals surface area contributed by atoms with Crippen molar-refractivity contribution >= 4 is 23.9 Å². The number of likely N-dealkylation sites (tertiary alicyclic amines) is 1. The van der Waals surface area contributed by atoms with Gasteiger partial charge in [-0.05, 0) is 58.5 Å². The number of carbonyl (C=O) groups excluding carboxylic acids is 3. The van der Waals surface area contributed by atoms with Crippen LogP contribution in [0.3, 0.4) is 0 Å². The molecule has 1 N–H and O–H groups in total. The molecule has 352 valence electrons. The molecule has 0 aliphatic carbocycles. The summed E-state index contributed by atoms with van der Waals surface area (Å²) in [6.45, 7) is 7.86. The summed E-state index contributed by atoms with van der Waals surface area (Å²) in [4.78, 5) is 55.0. The van der Waals surface area contributed by atoms with Gasteiger partial charge in [-0.15, -0.1) is 0 Å². The van der Waals surface area contributed by atoms with Crippen molar-refractivity contribution in [1.29, 1.82) is 0 Å². The smallest absolute Gasteiger partial charge is 0.410 e. The molecule has 0 aromatic carbocycles. The second-order valence-electron chi connectivity index (χ2n) is 18.4. The Kier molecular flexibility index (Phi) is 36.6. The largest absolute Gasteiger partial charge is 0.481 e. The highest BCUT2D eigenvalue weighted by molar-refractivity contribution is 5.78. The minimum absolute atomic E-state index is 0.0753. The first-order valence-corrected chi connectivity index (χ1v) is 25.4. The molecule has 1 aliphatic heterocycles. The van der Waals surface area contributed by atoms with E-state index in [0.29, 0.717) is 70.9 Å². The van der Waals surface area contributed by atoms with Crippen molar-refractivity contribution < 1.29 is 33.8 Å². The number of unbranched alkanes of at least 4 members (excludes halogenated alkanes) is 24. The van der Waals surface area contributed by atoms with Gasteiger partial charge in [-0.2, -0.15) is 0 Å². The molecule has 0 spiro atoms. The zero-order valence-corrected chi connectivity index (χ0v) is 39.7. The Morgan fingerprint density at radius 2 is 1.00 bits per heavy atom. The maximum Gasteiger partial charge on any atom is 0.410 e. The van der Waals surface area contributed by atoms with Crippen molar-refractivity contribution in [3.8, 4) is 0 Å². The number of hydrogen-bond acceptors (Lipinski definition) is 7. The van der Waals surface area contributed by atoms with Crippen LogP contribution in [0.5, 0.6) is 0 Å². The summed E-state index contributed by atoms with van der Waals surface area (Å²) in [5.41, 5.74) is 0. The van der Waals surface area contributed by atoms with Gasteiger partial charge in [-0.25, -0.2) is 4.79 Å². The van der Waals surface area contributed by atoms with Crippen molar-refractivity contribution in [1.82, 2.24) is 14.7 Å². The summed E-state index contributed by atoms with van der Waals surface area (Å²) >= 11 is 0. The van der Waals surface area contributed by atoms with Crippen LogP contribution in [0.2, 0.25) is 0 Å². The predicted molar refractivity (Wildman–Crippen MR) is 247 cm³/mol. The topological polar surface area (TPSA) is 117 Å². The molecule has 1 fully saturated rings. The number of rotatable bonds is 41. The minimum atomic E-state index is -0.772. The van der Waals surface area contributed by atoms with Crippen LogP contribution in [0.15, 0.2) is 0 Å². The average molecular weight is 850 g/mol. The molecule has 10 nitrogen and oxygen atoms in total. The second kappa shape index (κ2) is 39.5. The Balaban J connectivity index is 2.45. The molecule has 0 aromatic rings. The maximum atomic E-state index is 13.3. The van der Waals surface area contributed by atoms with Crippen molar-refractivity contribution in [3.05, 3.63) is 0 Å². The van der Waals surface area contributed by atoms with E-state index in [9.17, 15) is 19.2 Å². The summed E-state index contributed by atoms with van der Waals surface area (Å²) in [5, 5.41) is 8.95. The van der Waals surface area contributed by atoms with E-state index < -0.39 is 5.97 Å². The Hall–Kier alpha value is -2.36. The van der Waals surface area contributed by atoms with Crippen molar-refractivity contribution in [2.45, 2.75) is 238 Å². The van der Waals surface area contributed by atoms with E-state index in [1.807, 2.05) is 23.9 Å². The lowest BCUT2D eigenvalue weighted by atomic mass is 9.94. The fourth-order valence-electron chi connectivity index (χ4n) is 8.40. The lowest BCUT2D eigenvalue weighted by Crippen LogP contribution is -2.45. The van der Waals surface area contributed by atoms with Crippen molar-refractivity contribution in [2.75, 3.05) is 53.4 Å². The number of esters is 1. The molecule has 0 atom stereocenters. The van der Waals surface area contributed by atoms with Gasteiger partial charge in [-0.3, -0.25) is 14.4 Å². The Morgan fingerprint density at radius 3 is 1.45 bits per heavy atom. The fraction of sp³-hybridized carbons (Fsp3) is 0.920. The normalized spacial score (nSPS) is 13.3. The number of likely N-dealkylation sites (N-methyl/N-ethyl adjacent to an activating group) is 1. The Bertz CT molecular complexity index is 1020. The van der Waals surface area contributed by atoms with E-state index >= 15 is 0 Å². The summed E-state index contributed by atoms with van der Waals surface area (Å²) in [6, 6.07) is 0. The van der Waals surface area contributed by atoms with Crippen molar-refractivity contribution in [3.63, 3.8) is 0 Å². The molecule has 1 saturated heterocycles. The molecule has 0 unspecified atom stereocenters. The van der Waals surface area contributed by atoms with Crippen LogP contribution < -0.4 is 0 Å². The zero-order chi connectivity index (χ0) is 43.9. The SMILES string of the molecule is CCCCCCCCCCCCC(CCCCCCCCCCCC)COC(=O)CCCCCCN(CCCCCCC(=O)O)C(=O)OC1CCN(C(=O)CN(C)C)CC1. The molecule has 10 heteroatoms. The van der Waals surface area contributed by atoms with Crippen LogP contribution in [-0.4, -0.2) is 103 Å². The summed E-state index contributed by atoms with van der Waals surface area (Å²) in [6.07, 6.45) is 37.1. The highest BCUT2D eigenvalue weighted by Gasteiger charge is 2.27. The molecule has 0 bridgehead atoms. The molecule has 1 heterocycles. The summed E-state index contributed by atoms with van der Waals surface area (Å²) < 4.78 is 11.8. The standard InChI is InChI=1S/C50H95N3O7/c1-5-7-9-11-13-15-17-19-21-27-33-45(34-28-22-20-18-16-14-12-10-8-6-2)44-59-49(57)36-30-24-26-32-40-53(39-31-25-23-29-35-48(55)56)50(58)60-46-37-41-52(42-38-46)47(54)43-51(3)4/h45-46H,5-44H2,1-4H3,(H,55,56). The number of piperidine rings is 1. The number of hydrogen-bond donors (Lipinski definition) is 1. The maximum absolute atomic E-state index is 13.3. The third-order valence-corrected chi connectivity index (χ3v) is 12.3. The van der Waals surface area contributed by atoms with Gasteiger partial charge in [0, 0.05) is 51.9 Å². The zero-order valence-electron chi connectivity index (χ0n) is 39.7. The molecule has 0 saturated carbocycles. The monoisotopic (exact) mass is 850 g/mol. The van der Waals surface area contributed by atoms with Crippen molar-refractivity contribution in [2.24, 2.45) is 5.92 Å². The molecular formula is C50H95N3O7. The quantitative estimate of drug-likeness (QED) is 0.0477. The van der Waals surface area contributed by atoms with E-state index in [2.05, 4.69) is 13.8 Å². The third kappa shape index (κ3) is 33.3. The van der Waals surface area contributed by atoms with E-state index in [-0.39, 0.29) is 30.5 Å². The van der Waals surface area contributed by atoms with Crippen LogP contribution in [0, 0.1) is 5.92 Å². The van der Waals surface area contributed by atoms with Gasteiger partial charge in [-0.1, -0.05) is 168 Å². The van der Waals surface area contributed by atoms with Crippen LogP contribution in [0.25, 0.3) is 0 Å². The fourth-order valence-corrected chi connectivity index (χ4v) is 8.40. The van der Waals surface area contributed by atoms with Gasteiger partial charge >= 0.3 is 18.0 Å². The first-order chi connectivity index (χ1) is 29.2. The lowest BCUT2D eigenvalue weighted by Gasteiger charge is -2.33. The van der Waals surface area contributed by atoms with E-state index in [1.54, 1.807) is 4.90 Å². The van der Waals surface area contributed by atoms with Crippen LogP contribution >= 0.6 is 0 Å². The molecule has 2 amide bonds. The number of carboxylic acid groups (broad SMARTS) is 1. The van der Waals surface area contributed by atoms with Crippen LogP contribution in [0.4, 0.5) is 4.79 Å². The molecular weight excluding hydrogens is 755 g/mol. The first kappa shape index (κ1) is 55.7. The van der Waals surface area contributed by atoms with Gasteiger partial charge in [0.1, 0.15) is 6.10 Å². The van der Waals surface area contributed by atoms with Gasteiger partial charge < -0.3 is 29.3 Å². The highest BCUT2D eigenvalue weighted by atomic mass is 16.6. The highest BCUT2D eigenvalue weighted by Crippen LogP contribution is 2.22. The number of nitrogens with zero attached hydrogens (tertiary/aromatic N) is 3. The summed E-state index contributed by atoms with van der Waals surface area (Å²) in [7, 11) is 3.77. The average Bonchev–Trinajstić information content (AvgIpc) is 3.22. The second-order valence-corrected chi connectivity index (χ2v) is 18.4. The molecule has 0 radical (unpaired) electrons. The van der Waals surface area contributed by atoms with Gasteiger partial charge in [0.05, 0.1) is 13.2 Å². The number of aliphatic carboxylic acids is 1. The van der Waals surface area contributed by atoms with Gasteiger partial charge in [0.15, 0.2) is 0 Å². The van der Waals surface area contributed by atoms with Gasteiger partial charge in [0.25, 0.3) is 0 Å². The van der Waals surface area contributed by atoms with Crippen LogP contribution in [0.1, 0.15) is 232 Å². The third-order valence-electron chi connectivity index (χ3n) is 12.3. The lowest BCUT2D eigenvalue weighted by molar-refractivity contribution is -0.145. The minimum Gasteiger partial charge on any atom is -0.481 e. The number of carboxylic acids is 1. The van der Waals surface area contributed by atoms with E-state index in [1.165, 1.54) is 128 Å². The number of ether oxygens (including phenoxy) is 2. The molecule has 1 aliphatic rings. The number of carbonyl (C=O) groups is 4. The Labute approximate surface area is 369 Å². The van der Waals surface area contributed by atoms with E-state index in [0.717, 1.165) is 57.8 Å².